The number of pyridine rings is 2. The lowest BCUT2D eigenvalue weighted by molar-refractivity contribution is 1.25. The normalized spacial score (nSPS) is 12.7. The Morgan fingerprint density at radius 2 is 0.759 bits per heavy atom. The SMILES string of the molecule is Cc1cc(-c2ccccc2)c2ccc3c(-c4ccccc4)cc(-c4ccc(-c5ccc([Si]6(c7ccccc7)c7ccccc7-c7ccccc76)cc5)cc4)nc3c2n1. The predicted molar refractivity (Wildman–Crippen MR) is 246 cm³/mol. The van der Waals surface area contributed by atoms with E-state index in [1.165, 1.54) is 54.1 Å². The summed E-state index contributed by atoms with van der Waals surface area (Å²) in [5, 5.41) is 7.95. The largest absolute Gasteiger partial charge is 0.251 e. The molecule has 2 aromatic heterocycles. The van der Waals surface area contributed by atoms with Gasteiger partial charge >= 0.3 is 0 Å². The molecule has 0 fully saturated rings. The van der Waals surface area contributed by atoms with Crippen LogP contribution in [0.1, 0.15) is 5.69 Å². The summed E-state index contributed by atoms with van der Waals surface area (Å²) in [5.41, 5.74) is 14.6. The molecule has 2 nitrogen and oxygen atoms in total. The van der Waals surface area contributed by atoms with E-state index < -0.39 is 8.07 Å². The Morgan fingerprint density at radius 3 is 1.33 bits per heavy atom. The van der Waals surface area contributed by atoms with Gasteiger partial charge in [-0.05, 0) is 84.3 Å². The van der Waals surface area contributed by atoms with Crippen molar-refractivity contribution in [1.82, 2.24) is 9.97 Å². The Morgan fingerprint density at radius 1 is 0.328 bits per heavy atom. The molecule has 0 saturated heterocycles. The van der Waals surface area contributed by atoms with Gasteiger partial charge in [0.1, 0.15) is 0 Å². The van der Waals surface area contributed by atoms with Crippen LogP contribution in [0, 0.1) is 6.92 Å². The summed E-state index contributed by atoms with van der Waals surface area (Å²) in [6.45, 7) is 2.08. The maximum Gasteiger partial charge on any atom is 0.180 e. The van der Waals surface area contributed by atoms with Crippen molar-refractivity contribution in [2.75, 3.05) is 0 Å². The maximum atomic E-state index is 5.41. The van der Waals surface area contributed by atoms with E-state index in [1.54, 1.807) is 0 Å². The Hall–Kier alpha value is -7.20. The molecule has 10 aromatic rings. The van der Waals surface area contributed by atoms with E-state index in [0.717, 1.165) is 49.9 Å². The van der Waals surface area contributed by atoms with Gasteiger partial charge in [-0.3, -0.25) is 4.98 Å². The molecule has 0 radical (unpaired) electrons. The van der Waals surface area contributed by atoms with Gasteiger partial charge in [-0.25, -0.2) is 4.98 Å². The van der Waals surface area contributed by atoms with Crippen molar-refractivity contribution < 1.29 is 0 Å². The van der Waals surface area contributed by atoms with Gasteiger partial charge in [-0.15, -0.1) is 0 Å². The number of aryl methyl sites for hydroxylation is 1. The molecular formula is C55H38N2Si. The van der Waals surface area contributed by atoms with Gasteiger partial charge in [0.2, 0.25) is 0 Å². The highest BCUT2D eigenvalue weighted by Crippen LogP contribution is 2.38. The van der Waals surface area contributed by atoms with Crippen LogP contribution in [0.15, 0.2) is 212 Å². The lowest BCUT2D eigenvalue weighted by Crippen LogP contribution is -2.72. The Kier molecular flexibility index (Phi) is 8.09. The molecule has 58 heavy (non-hydrogen) atoms. The monoisotopic (exact) mass is 754 g/mol. The van der Waals surface area contributed by atoms with Crippen LogP contribution >= 0.6 is 0 Å². The minimum Gasteiger partial charge on any atom is -0.251 e. The fraction of sp³-hybridized carbons (Fsp3) is 0.0182. The number of hydrogen-bond donors (Lipinski definition) is 0. The minimum absolute atomic E-state index is 0.918. The fourth-order valence-corrected chi connectivity index (χ4v) is 14.6. The lowest BCUT2D eigenvalue weighted by Gasteiger charge is -2.31. The Bertz CT molecular complexity index is 3090. The van der Waals surface area contributed by atoms with Gasteiger partial charge in [0.05, 0.1) is 16.7 Å². The molecule has 8 aromatic carbocycles. The van der Waals surface area contributed by atoms with E-state index in [0.29, 0.717) is 0 Å². The molecule has 0 unspecified atom stereocenters. The number of fused-ring (bicyclic) bond motifs is 6. The van der Waals surface area contributed by atoms with Crippen LogP contribution < -0.4 is 20.7 Å². The molecule has 0 N–H and O–H groups in total. The molecule has 0 bridgehead atoms. The predicted octanol–water partition coefficient (Wildman–Crippen LogP) is 11.1. The highest BCUT2D eigenvalue weighted by Gasteiger charge is 2.48. The average molecular weight is 755 g/mol. The summed E-state index contributed by atoms with van der Waals surface area (Å²) in [6.07, 6.45) is 0. The number of rotatable bonds is 6. The van der Waals surface area contributed by atoms with Crippen LogP contribution in [0.3, 0.4) is 0 Å². The first-order valence-electron chi connectivity index (χ1n) is 20.0. The third-order valence-corrected chi connectivity index (χ3v) is 16.9. The summed E-state index contributed by atoms with van der Waals surface area (Å²) in [5.74, 6) is 0. The molecule has 272 valence electrons. The molecular weight excluding hydrogens is 717 g/mol. The van der Waals surface area contributed by atoms with Crippen LogP contribution in [0.4, 0.5) is 0 Å². The number of benzene rings is 8. The van der Waals surface area contributed by atoms with Crippen LogP contribution in [0.5, 0.6) is 0 Å². The van der Waals surface area contributed by atoms with Gasteiger partial charge in [0, 0.05) is 22.0 Å². The van der Waals surface area contributed by atoms with Gasteiger partial charge in [0.25, 0.3) is 0 Å². The summed E-state index contributed by atoms with van der Waals surface area (Å²) < 4.78 is 0. The average Bonchev–Trinajstić information content (AvgIpc) is 3.60. The first-order chi connectivity index (χ1) is 28.7. The number of nitrogens with zero attached hydrogens (tertiary/aromatic N) is 2. The second-order valence-electron chi connectivity index (χ2n) is 15.3. The van der Waals surface area contributed by atoms with Gasteiger partial charge < -0.3 is 0 Å². The summed E-state index contributed by atoms with van der Waals surface area (Å²) >= 11 is 0. The van der Waals surface area contributed by atoms with Crippen LogP contribution in [-0.2, 0) is 0 Å². The zero-order chi connectivity index (χ0) is 38.6. The molecule has 1 aliphatic rings. The molecule has 11 rings (SSSR count). The molecule has 3 heterocycles. The fourth-order valence-electron chi connectivity index (χ4n) is 9.42. The van der Waals surface area contributed by atoms with Crippen molar-refractivity contribution in [1.29, 1.82) is 0 Å². The number of hydrogen-bond acceptors (Lipinski definition) is 2. The maximum absolute atomic E-state index is 5.41. The quantitative estimate of drug-likeness (QED) is 0.125. The van der Waals surface area contributed by atoms with Crippen LogP contribution in [0.2, 0.25) is 0 Å². The van der Waals surface area contributed by atoms with Crippen molar-refractivity contribution in [3.05, 3.63) is 218 Å². The zero-order valence-electron chi connectivity index (χ0n) is 32.1. The highest BCUT2D eigenvalue weighted by molar-refractivity contribution is 7.22. The van der Waals surface area contributed by atoms with Crippen molar-refractivity contribution >= 4 is 50.6 Å². The molecule has 0 amide bonds. The van der Waals surface area contributed by atoms with Gasteiger partial charge in [-0.1, -0.05) is 200 Å². The zero-order valence-corrected chi connectivity index (χ0v) is 33.1. The lowest BCUT2D eigenvalue weighted by atomic mass is 9.94. The molecule has 0 aliphatic carbocycles. The van der Waals surface area contributed by atoms with E-state index in [1.807, 2.05) is 0 Å². The van der Waals surface area contributed by atoms with Gasteiger partial charge in [0.15, 0.2) is 8.07 Å². The van der Waals surface area contributed by atoms with Crippen molar-refractivity contribution in [2.45, 2.75) is 6.92 Å². The first-order valence-corrected chi connectivity index (χ1v) is 22.0. The van der Waals surface area contributed by atoms with Crippen LogP contribution in [0.25, 0.3) is 77.6 Å². The van der Waals surface area contributed by atoms with E-state index in [2.05, 4.69) is 219 Å². The Balaban J connectivity index is 1.02. The summed E-state index contributed by atoms with van der Waals surface area (Å²) in [4.78, 5) is 10.5. The molecule has 3 heteroatoms. The summed E-state index contributed by atoms with van der Waals surface area (Å²) in [7, 11) is -2.52. The van der Waals surface area contributed by atoms with Crippen molar-refractivity contribution in [2.24, 2.45) is 0 Å². The summed E-state index contributed by atoms with van der Waals surface area (Å²) in [6, 6.07) is 77.7. The Labute approximate surface area is 339 Å². The molecule has 0 atom stereocenters. The first kappa shape index (κ1) is 34.1. The minimum atomic E-state index is -2.52. The molecule has 0 saturated carbocycles. The second-order valence-corrected chi connectivity index (χ2v) is 19.1. The van der Waals surface area contributed by atoms with Crippen molar-refractivity contribution in [3.8, 4) is 55.8 Å². The van der Waals surface area contributed by atoms with Crippen molar-refractivity contribution in [3.63, 3.8) is 0 Å². The third-order valence-electron chi connectivity index (χ3n) is 12.0. The van der Waals surface area contributed by atoms with E-state index in [-0.39, 0.29) is 0 Å². The molecule has 0 spiro atoms. The van der Waals surface area contributed by atoms with E-state index in [4.69, 9.17) is 9.97 Å². The highest BCUT2D eigenvalue weighted by atomic mass is 28.3. The molecule has 1 aliphatic heterocycles. The number of aromatic nitrogens is 2. The topological polar surface area (TPSA) is 25.8 Å². The standard InChI is InChI=1S/C55H38N2Si/c1-37-35-49(40-15-5-2-6-16-40)47-33-34-48-50(41-17-7-3-8-18-41)36-51(57-55(48)54(47)56-37)42-27-25-38(26-28-42)39-29-31-44(32-30-39)58(43-19-9-4-10-20-43)52-23-13-11-21-45(52)46-22-12-14-24-53(46)58/h2-36H,1H3. The van der Waals surface area contributed by atoms with Gasteiger partial charge in [-0.2, -0.15) is 0 Å². The van der Waals surface area contributed by atoms with E-state index in [9.17, 15) is 0 Å². The van der Waals surface area contributed by atoms with E-state index >= 15 is 0 Å². The third kappa shape index (κ3) is 5.39. The van der Waals surface area contributed by atoms with Crippen LogP contribution in [-0.4, -0.2) is 18.0 Å². The smallest absolute Gasteiger partial charge is 0.180 e. The second kappa shape index (κ2) is 13.8.